The van der Waals surface area contributed by atoms with Gasteiger partial charge < -0.3 is 20.5 Å². The summed E-state index contributed by atoms with van der Waals surface area (Å²) in [5.74, 6) is 1.34. The summed E-state index contributed by atoms with van der Waals surface area (Å²) in [5, 5.41) is 2.97. The van der Waals surface area contributed by atoms with Crippen LogP contribution in [0.5, 0.6) is 11.5 Å². The summed E-state index contributed by atoms with van der Waals surface area (Å²) in [6.07, 6.45) is 4.04. The van der Waals surface area contributed by atoms with Gasteiger partial charge >= 0.3 is 0 Å². The van der Waals surface area contributed by atoms with Crippen molar-refractivity contribution in [1.82, 2.24) is 5.32 Å². The third-order valence-electron chi connectivity index (χ3n) is 4.07. The molecule has 1 amide bonds. The van der Waals surface area contributed by atoms with Gasteiger partial charge in [-0.1, -0.05) is 18.9 Å². The van der Waals surface area contributed by atoms with Gasteiger partial charge in [-0.25, -0.2) is 0 Å². The first-order chi connectivity index (χ1) is 10.2. The van der Waals surface area contributed by atoms with Crippen molar-refractivity contribution >= 4 is 5.91 Å². The second-order valence-electron chi connectivity index (χ2n) is 5.46. The monoisotopic (exact) mass is 292 g/mol. The normalized spacial score (nSPS) is 21.7. The van der Waals surface area contributed by atoms with Crippen LogP contribution in [0.2, 0.25) is 0 Å². The highest BCUT2D eigenvalue weighted by molar-refractivity contribution is 5.79. The average Bonchev–Trinajstić information content (AvgIpc) is 2.52. The Morgan fingerprint density at radius 2 is 1.95 bits per heavy atom. The SMILES string of the molecule is COc1ccc(CNC(=O)C2CCCCC2N)cc1OC. The molecular weight excluding hydrogens is 268 g/mol. The van der Waals surface area contributed by atoms with Crippen molar-refractivity contribution in [1.29, 1.82) is 0 Å². The fourth-order valence-electron chi connectivity index (χ4n) is 2.80. The molecule has 1 aromatic rings. The Morgan fingerprint density at radius 3 is 2.62 bits per heavy atom. The largest absolute Gasteiger partial charge is 0.493 e. The van der Waals surface area contributed by atoms with Gasteiger partial charge in [0.1, 0.15) is 0 Å². The smallest absolute Gasteiger partial charge is 0.224 e. The average molecular weight is 292 g/mol. The minimum Gasteiger partial charge on any atom is -0.493 e. The van der Waals surface area contributed by atoms with E-state index >= 15 is 0 Å². The maximum atomic E-state index is 12.2. The lowest BCUT2D eigenvalue weighted by Crippen LogP contribution is -2.43. The van der Waals surface area contributed by atoms with Crippen molar-refractivity contribution in [3.63, 3.8) is 0 Å². The van der Waals surface area contributed by atoms with Gasteiger partial charge in [0.2, 0.25) is 5.91 Å². The van der Waals surface area contributed by atoms with Crippen LogP contribution in [0.4, 0.5) is 0 Å². The number of carbonyl (C=O) groups is 1. The van der Waals surface area contributed by atoms with Gasteiger partial charge in [0, 0.05) is 12.6 Å². The second-order valence-corrected chi connectivity index (χ2v) is 5.46. The summed E-state index contributed by atoms with van der Waals surface area (Å²) in [7, 11) is 3.20. The van der Waals surface area contributed by atoms with Crippen LogP contribution in [0.1, 0.15) is 31.2 Å². The predicted octanol–water partition coefficient (Wildman–Crippen LogP) is 1.84. The molecular formula is C16H24N2O3. The highest BCUT2D eigenvalue weighted by atomic mass is 16.5. The zero-order valence-electron chi connectivity index (χ0n) is 12.7. The lowest BCUT2D eigenvalue weighted by molar-refractivity contribution is -0.126. The number of rotatable bonds is 5. The van der Waals surface area contributed by atoms with Gasteiger partial charge in [-0.05, 0) is 30.5 Å². The number of nitrogens with one attached hydrogen (secondary N) is 1. The Bertz CT molecular complexity index is 490. The fraction of sp³-hybridized carbons (Fsp3) is 0.562. The molecule has 0 heterocycles. The molecule has 2 atom stereocenters. The van der Waals surface area contributed by atoms with E-state index in [-0.39, 0.29) is 17.9 Å². The van der Waals surface area contributed by atoms with E-state index in [1.807, 2.05) is 18.2 Å². The topological polar surface area (TPSA) is 73.6 Å². The highest BCUT2D eigenvalue weighted by Crippen LogP contribution is 2.27. The number of carbonyl (C=O) groups excluding carboxylic acids is 1. The number of benzene rings is 1. The number of hydrogen-bond donors (Lipinski definition) is 2. The Labute approximate surface area is 125 Å². The van der Waals surface area contributed by atoms with Gasteiger partial charge in [-0.15, -0.1) is 0 Å². The molecule has 1 aliphatic rings. The zero-order chi connectivity index (χ0) is 15.2. The summed E-state index contributed by atoms with van der Waals surface area (Å²) >= 11 is 0. The number of hydrogen-bond acceptors (Lipinski definition) is 4. The number of nitrogens with two attached hydrogens (primary N) is 1. The summed E-state index contributed by atoms with van der Waals surface area (Å²) in [6.45, 7) is 0.475. The van der Waals surface area contributed by atoms with Crippen LogP contribution in [0.15, 0.2) is 18.2 Å². The van der Waals surface area contributed by atoms with Gasteiger partial charge in [0.25, 0.3) is 0 Å². The van der Waals surface area contributed by atoms with E-state index < -0.39 is 0 Å². The first-order valence-electron chi connectivity index (χ1n) is 7.40. The molecule has 1 saturated carbocycles. The van der Waals surface area contributed by atoms with E-state index in [1.54, 1.807) is 14.2 Å². The summed E-state index contributed by atoms with van der Waals surface area (Å²) < 4.78 is 10.5. The lowest BCUT2D eigenvalue weighted by Gasteiger charge is -2.27. The molecule has 0 aromatic heterocycles. The molecule has 1 aliphatic carbocycles. The number of ether oxygens (including phenoxy) is 2. The molecule has 0 aliphatic heterocycles. The Morgan fingerprint density at radius 1 is 1.24 bits per heavy atom. The Balaban J connectivity index is 1.94. The van der Waals surface area contributed by atoms with Crippen LogP contribution >= 0.6 is 0 Å². The minimum atomic E-state index is -0.0566. The van der Waals surface area contributed by atoms with Crippen molar-refractivity contribution in [3.05, 3.63) is 23.8 Å². The van der Waals surface area contributed by atoms with E-state index in [4.69, 9.17) is 15.2 Å². The molecule has 0 bridgehead atoms. The first-order valence-corrected chi connectivity index (χ1v) is 7.40. The van der Waals surface area contributed by atoms with Gasteiger partial charge in [0.05, 0.1) is 20.1 Å². The molecule has 5 heteroatoms. The first kappa shape index (κ1) is 15.6. The quantitative estimate of drug-likeness (QED) is 0.868. The molecule has 116 valence electrons. The molecule has 0 radical (unpaired) electrons. The maximum absolute atomic E-state index is 12.2. The predicted molar refractivity (Wildman–Crippen MR) is 81.3 cm³/mol. The fourth-order valence-corrected chi connectivity index (χ4v) is 2.80. The summed E-state index contributed by atoms with van der Waals surface area (Å²) in [4.78, 5) is 12.2. The molecule has 3 N–H and O–H groups in total. The second kappa shape index (κ2) is 7.31. The van der Waals surface area contributed by atoms with Crippen LogP contribution < -0.4 is 20.5 Å². The van der Waals surface area contributed by atoms with Gasteiger partial charge in [-0.3, -0.25) is 4.79 Å². The van der Waals surface area contributed by atoms with E-state index in [0.717, 1.165) is 31.2 Å². The summed E-state index contributed by atoms with van der Waals surface area (Å²) in [6, 6.07) is 5.62. The summed E-state index contributed by atoms with van der Waals surface area (Å²) in [5.41, 5.74) is 7.01. The molecule has 0 saturated heterocycles. The zero-order valence-corrected chi connectivity index (χ0v) is 12.7. The van der Waals surface area contributed by atoms with Crippen molar-refractivity contribution in [2.45, 2.75) is 38.3 Å². The van der Waals surface area contributed by atoms with Crippen LogP contribution in [-0.2, 0) is 11.3 Å². The van der Waals surface area contributed by atoms with Crippen LogP contribution in [-0.4, -0.2) is 26.2 Å². The molecule has 2 rings (SSSR count). The van der Waals surface area contributed by atoms with E-state index in [0.29, 0.717) is 18.0 Å². The van der Waals surface area contributed by atoms with Crippen molar-refractivity contribution < 1.29 is 14.3 Å². The number of methoxy groups -OCH3 is 2. The van der Waals surface area contributed by atoms with Crippen LogP contribution in [0.25, 0.3) is 0 Å². The molecule has 0 spiro atoms. The number of amides is 1. The van der Waals surface area contributed by atoms with Crippen molar-refractivity contribution in [2.75, 3.05) is 14.2 Å². The Hall–Kier alpha value is -1.75. The Kier molecular flexibility index (Phi) is 5.44. The van der Waals surface area contributed by atoms with E-state index in [1.165, 1.54) is 0 Å². The van der Waals surface area contributed by atoms with Crippen LogP contribution in [0, 0.1) is 5.92 Å². The van der Waals surface area contributed by atoms with Gasteiger partial charge in [-0.2, -0.15) is 0 Å². The third kappa shape index (κ3) is 3.88. The standard InChI is InChI=1S/C16H24N2O3/c1-20-14-8-7-11(9-15(14)21-2)10-18-16(19)12-5-3-4-6-13(12)17/h7-9,12-13H,3-6,10,17H2,1-2H3,(H,18,19). The highest BCUT2D eigenvalue weighted by Gasteiger charge is 2.27. The maximum Gasteiger partial charge on any atom is 0.224 e. The molecule has 2 unspecified atom stereocenters. The van der Waals surface area contributed by atoms with E-state index in [2.05, 4.69) is 5.32 Å². The third-order valence-corrected chi connectivity index (χ3v) is 4.07. The minimum absolute atomic E-state index is 0.0100. The molecule has 1 aromatic carbocycles. The van der Waals surface area contributed by atoms with Gasteiger partial charge in [0.15, 0.2) is 11.5 Å². The van der Waals surface area contributed by atoms with Crippen LogP contribution in [0.3, 0.4) is 0 Å². The van der Waals surface area contributed by atoms with Crippen molar-refractivity contribution in [3.8, 4) is 11.5 Å². The molecule has 5 nitrogen and oxygen atoms in total. The lowest BCUT2D eigenvalue weighted by atomic mass is 9.84. The molecule has 1 fully saturated rings. The van der Waals surface area contributed by atoms with E-state index in [9.17, 15) is 4.79 Å². The molecule has 21 heavy (non-hydrogen) atoms. The van der Waals surface area contributed by atoms with Crippen molar-refractivity contribution in [2.24, 2.45) is 11.7 Å².